The fourth-order valence-electron chi connectivity index (χ4n) is 0.883. The van der Waals surface area contributed by atoms with E-state index in [0.717, 1.165) is 19.4 Å². The van der Waals surface area contributed by atoms with Gasteiger partial charge >= 0.3 is 5.97 Å². The highest BCUT2D eigenvalue weighted by Crippen LogP contribution is 1.99. The van der Waals surface area contributed by atoms with Crippen LogP contribution in [0.4, 0.5) is 0 Å². The predicted octanol–water partition coefficient (Wildman–Crippen LogP) is 2.39. The zero-order valence-electron chi connectivity index (χ0n) is 9.54. The van der Waals surface area contributed by atoms with E-state index in [1.54, 1.807) is 0 Å². The molecule has 0 saturated heterocycles. The van der Waals surface area contributed by atoms with Crippen molar-refractivity contribution in [3.8, 4) is 0 Å². The van der Waals surface area contributed by atoms with Crippen LogP contribution >= 0.6 is 0 Å². The van der Waals surface area contributed by atoms with Crippen molar-refractivity contribution in [1.29, 1.82) is 0 Å². The first-order valence-electron chi connectivity index (χ1n) is 5.40. The second-order valence-corrected chi connectivity index (χ2v) is 3.77. The van der Waals surface area contributed by atoms with Gasteiger partial charge in [-0.05, 0) is 18.8 Å². The number of carbonyl (C=O) groups excluding carboxylic acids is 1. The van der Waals surface area contributed by atoms with Gasteiger partial charge in [0.05, 0.1) is 19.6 Å². The van der Waals surface area contributed by atoms with E-state index in [2.05, 4.69) is 13.8 Å². The number of esters is 1. The Labute approximate surface area is 86.8 Å². The molecule has 0 aliphatic heterocycles. The number of hydrogen-bond acceptors (Lipinski definition) is 3. The molecular formula is C11H22O3. The zero-order valence-corrected chi connectivity index (χ0v) is 9.54. The quantitative estimate of drug-likeness (QED) is 0.448. The van der Waals surface area contributed by atoms with Gasteiger partial charge in [-0.15, -0.1) is 0 Å². The molecule has 0 aliphatic rings. The van der Waals surface area contributed by atoms with Gasteiger partial charge in [0, 0.05) is 6.61 Å². The summed E-state index contributed by atoms with van der Waals surface area (Å²) in [5.41, 5.74) is 0. The predicted molar refractivity (Wildman–Crippen MR) is 56.1 cm³/mol. The van der Waals surface area contributed by atoms with Crippen LogP contribution in [-0.2, 0) is 14.3 Å². The van der Waals surface area contributed by atoms with E-state index in [1.165, 1.54) is 0 Å². The minimum atomic E-state index is -0.151. The van der Waals surface area contributed by atoms with Crippen molar-refractivity contribution in [2.24, 2.45) is 5.92 Å². The number of hydrogen-bond donors (Lipinski definition) is 0. The molecule has 14 heavy (non-hydrogen) atoms. The van der Waals surface area contributed by atoms with Crippen molar-refractivity contribution in [2.75, 3.05) is 19.8 Å². The molecule has 0 spiro atoms. The van der Waals surface area contributed by atoms with Crippen LogP contribution in [0, 0.1) is 5.92 Å². The van der Waals surface area contributed by atoms with Crippen molar-refractivity contribution >= 4 is 5.97 Å². The molecule has 0 aliphatic carbocycles. The molecule has 0 radical (unpaired) electrons. The Bertz CT molecular complexity index is 143. The van der Waals surface area contributed by atoms with E-state index >= 15 is 0 Å². The molecule has 0 heterocycles. The highest BCUT2D eigenvalue weighted by atomic mass is 16.5. The van der Waals surface area contributed by atoms with E-state index in [9.17, 15) is 4.79 Å². The van der Waals surface area contributed by atoms with Gasteiger partial charge in [-0.3, -0.25) is 4.79 Å². The maximum atomic E-state index is 11.1. The van der Waals surface area contributed by atoms with Gasteiger partial charge in [-0.2, -0.15) is 0 Å². The Kier molecular flexibility index (Phi) is 8.64. The van der Waals surface area contributed by atoms with E-state index in [0.29, 0.717) is 25.6 Å². The van der Waals surface area contributed by atoms with Crippen molar-refractivity contribution in [2.45, 2.75) is 40.0 Å². The van der Waals surface area contributed by atoms with Crippen LogP contribution in [0.3, 0.4) is 0 Å². The van der Waals surface area contributed by atoms with Gasteiger partial charge in [-0.1, -0.05) is 20.8 Å². The fourth-order valence-corrected chi connectivity index (χ4v) is 0.883. The van der Waals surface area contributed by atoms with E-state index in [1.807, 2.05) is 6.92 Å². The summed E-state index contributed by atoms with van der Waals surface area (Å²) in [6.07, 6.45) is 2.29. The lowest BCUT2D eigenvalue weighted by Gasteiger charge is -2.06. The third kappa shape index (κ3) is 9.52. The number of ether oxygens (including phenoxy) is 2. The van der Waals surface area contributed by atoms with E-state index in [-0.39, 0.29) is 5.97 Å². The van der Waals surface area contributed by atoms with Gasteiger partial charge in [0.2, 0.25) is 0 Å². The second-order valence-electron chi connectivity index (χ2n) is 3.77. The summed E-state index contributed by atoms with van der Waals surface area (Å²) in [6.45, 7) is 8.00. The summed E-state index contributed by atoms with van der Waals surface area (Å²) < 4.78 is 10.2. The molecule has 0 saturated carbocycles. The van der Waals surface area contributed by atoms with Crippen molar-refractivity contribution in [3.05, 3.63) is 0 Å². The van der Waals surface area contributed by atoms with Crippen molar-refractivity contribution in [3.63, 3.8) is 0 Å². The molecule has 0 aromatic carbocycles. The Morgan fingerprint density at radius 1 is 1.21 bits per heavy atom. The third-order valence-electron chi connectivity index (χ3n) is 1.76. The highest BCUT2D eigenvalue weighted by molar-refractivity contribution is 5.69. The molecule has 0 aromatic heterocycles. The van der Waals surface area contributed by atoms with Crippen LogP contribution in [0.15, 0.2) is 0 Å². The Balaban J connectivity index is 3.20. The van der Waals surface area contributed by atoms with Crippen LogP contribution in [-0.4, -0.2) is 25.8 Å². The zero-order chi connectivity index (χ0) is 10.8. The minimum Gasteiger partial charge on any atom is -0.466 e. The normalized spacial score (nSPS) is 10.6. The molecule has 0 rings (SSSR count). The third-order valence-corrected chi connectivity index (χ3v) is 1.76. The Morgan fingerprint density at radius 2 is 1.93 bits per heavy atom. The fraction of sp³-hybridized carbons (Fsp3) is 0.909. The topological polar surface area (TPSA) is 35.5 Å². The molecule has 0 aromatic rings. The van der Waals surface area contributed by atoms with Crippen LogP contribution in [0.25, 0.3) is 0 Å². The van der Waals surface area contributed by atoms with Gasteiger partial charge in [0.15, 0.2) is 0 Å². The lowest BCUT2D eigenvalue weighted by Crippen LogP contribution is -2.10. The minimum absolute atomic E-state index is 0.151. The number of carbonyl (C=O) groups is 1. The first-order valence-corrected chi connectivity index (χ1v) is 5.40. The molecule has 3 nitrogen and oxygen atoms in total. The lowest BCUT2D eigenvalue weighted by atomic mass is 10.1. The van der Waals surface area contributed by atoms with Gasteiger partial charge in [0.25, 0.3) is 0 Å². The molecule has 0 N–H and O–H groups in total. The molecule has 0 unspecified atom stereocenters. The van der Waals surface area contributed by atoms with E-state index < -0.39 is 0 Å². The van der Waals surface area contributed by atoms with Crippen molar-refractivity contribution < 1.29 is 14.3 Å². The average Bonchev–Trinajstić information content (AvgIpc) is 2.12. The first-order chi connectivity index (χ1) is 6.66. The molecule has 0 fully saturated rings. The molecular weight excluding hydrogens is 180 g/mol. The smallest absolute Gasteiger partial charge is 0.308 e. The molecule has 3 heteroatoms. The Hall–Kier alpha value is -0.570. The van der Waals surface area contributed by atoms with Gasteiger partial charge in [0.1, 0.15) is 0 Å². The van der Waals surface area contributed by atoms with Gasteiger partial charge < -0.3 is 9.47 Å². The number of rotatable bonds is 8. The van der Waals surface area contributed by atoms with Crippen molar-refractivity contribution in [1.82, 2.24) is 0 Å². The monoisotopic (exact) mass is 202 g/mol. The second kappa shape index (κ2) is 9.00. The standard InChI is InChI=1S/C11H22O3/c1-4-7-13-8-6-11(12)14-9-5-10(2)3/h10H,4-9H2,1-3H3. The summed E-state index contributed by atoms with van der Waals surface area (Å²) >= 11 is 0. The summed E-state index contributed by atoms with van der Waals surface area (Å²) in [5.74, 6) is 0.431. The molecule has 84 valence electrons. The summed E-state index contributed by atoms with van der Waals surface area (Å²) in [4.78, 5) is 11.1. The largest absolute Gasteiger partial charge is 0.466 e. The molecule has 0 atom stereocenters. The maximum Gasteiger partial charge on any atom is 0.308 e. The van der Waals surface area contributed by atoms with Crippen LogP contribution in [0.1, 0.15) is 40.0 Å². The highest BCUT2D eigenvalue weighted by Gasteiger charge is 2.02. The summed E-state index contributed by atoms with van der Waals surface area (Å²) in [7, 11) is 0. The lowest BCUT2D eigenvalue weighted by molar-refractivity contribution is -0.145. The molecule has 0 amide bonds. The SMILES string of the molecule is CCCOCCC(=O)OCCC(C)C. The first kappa shape index (κ1) is 13.4. The van der Waals surface area contributed by atoms with Crippen LogP contribution in [0.5, 0.6) is 0 Å². The average molecular weight is 202 g/mol. The maximum absolute atomic E-state index is 11.1. The summed E-state index contributed by atoms with van der Waals surface area (Å²) in [5, 5.41) is 0. The van der Waals surface area contributed by atoms with Crippen LogP contribution < -0.4 is 0 Å². The van der Waals surface area contributed by atoms with E-state index in [4.69, 9.17) is 9.47 Å². The Morgan fingerprint density at radius 3 is 2.50 bits per heavy atom. The van der Waals surface area contributed by atoms with Crippen LogP contribution in [0.2, 0.25) is 0 Å². The molecule has 0 bridgehead atoms. The van der Waals surface area contributed by atoms with Gasteiger partial charge in [-0.25, -0.2) is 0 Å². The summed E-state index contributed by atoms with van der Waals surface area (Å²) in [6, 6.07) is 0.